The van der Waals surface area contributed by atoms with E-state index in [9.17, 15) is 14.4 Å². The van der Waals surface area contributed by atoms with E-state index in [1.807, 2.05) is 26.0 Å². The van der Waals surface area contributed by atoms with Gasteiger partial charge < -0.3 is 24.4 Å². The summed E-state index contributed by atoms with van der Waals surface area (Å²) in [6.45, 7) is 4.64. The van der Waals surface area contributed by atoms with Crippen molar-refractivity contribution >= 4 is 17.6 Å². The van der Waals surface area contributed by atoms with Crippen molar-refractivity contribution in [3.63, 3.8) is 0 Å². The molecule has 0 aliphatic carbocycles. The van der Waals surface area contributed by atoms with Gasteiger partial charge in [0.15, 0.2) is 11.5 Å². The quantitative estimate of drug-likeness (QED) is 0.149. The van der Waals surface area contributed by atoms with Gasteiger partial charge in [0.1, 0.15) is 0 Å². The van der Waals surface area contributed by atoms with E-state index in [0.717, 1.165) is 38.5 Å². The Labute approximate surface area is 274 Å². The van der Waals surface area contributed by atoms with Gasteiger partial charge in [0, 0.05) is 24.7 Å². The second kappa shape index (κ2) is 19.2. The molecule has 0 saturated carbocycles. The van der Waals surface area contributed by atoms with Crippen LogP contribution in [0.3, 0.4) is 0 Å². The molecule has 1 N–H and O–H groups in total. The number of benzene rings is 3. The maximum absolute atomic E-state index is 13.5. The molecular formula is C38H50N2O6. The molecule has 1 aliphatic rings. The molecule has 1 saturated heterocycles. The van der Waals surface area contributed by atoms with E-state index < -0.39 is 11.7 Å². The molecule has 46 heavy (non-hydrogen) atoms. The average Bonchev–Trinajstić information content (AvgIpc) is 3.11. The molecule has 3 aromatic carbocycles. The number of nitrogens with zero attached hydrogens (tertiary/aromatic N) is 1. The number of carbonyl (C=O) groups excluding carboxylic acids is 3. The van der Waals surface area contributed by atoms with Crippen molar-refractivity contribution < 1.29 is 28.6 Å². The number of hydrogen-bond acceptors (Lipinski definition) is 6. The monoisotopic (exact) mass is 630 g/mol. The highest BCUT2D eigenvalue weighted by atomic mass is 16.5. The molecule has 1 atom stereocenters. The van der Waals surface area contributed by atoms with Crippen LogP contribution in [0.1, 0.15) is 73.9 Å². The SMILES string of the molecule is CC.COc1cc(C(=O)C(=O)N2CCCC(C(=O)NC(CCCc3ccccc3)CCCc3ccccc3)C2)cc(OC)c1OC. The molecular weight excluding hydrogens is 580 g/mol. The molecule has 1 fully saturated rings. The Hall–Kier alpha value is -4.33. The summed E-state index contributed by atoms with van der Waals surface area (Å²) in [6.07, 6.45) is 6.95. The Morgan fingerprint density at radius 2 is 1.33 bits per heavy atom. The van der Waals surface area contributed by atoms with Crippen molar-refractivity contribution in [2.45, 2.75) is 71.3 Å². The van der Waals surface area contributed by atoms with Crippen LogP contribution >= 0.6 is 0 Å². The van der Waals surface area contributed by atoms with Crippen molar-refractivity contribution in [3.8, 4) is 17.2 Å². The number of amides is 2. The van der Waals surface area contributed by atoms with Gasteiger partial charge in [-0.05, 0) is 74.6 Å². The fourth-order valence-electron chi connectivity index (χ4n) is 5.86. The molecule has 3 aromatic rings. The minimum Gasteiger partial charge on any atom is -0.493 e. The molecule has 1 unspecified atom stereocenters. The topological polar surface area (TPSA) is 94.2 Å². The van der Waals surface area contributed by atoms with Crippen LogP contribution in [0.25, 0.3) is 0 Å². The zero-order chi connectivity index (χ0) is 33.3. The summed E-state index contributed by atoms with van der Waals surface area (Å²) in [5, 5.41) is 3.31. The average molecular weight is 631 g/mol. The Kier molecular flexibility index (Phi) is 15.1. The van der Waals surface area contributed by atoms with Crippen LogP contribution in [0.2, 0.25) is 0 Å². The number of carbonyl (C=O) groups is 3. The highest BCUT2D eigenvalue weighted by Crippen LogP contribution is 2.38. The smallest absolute Gasteiger partial charge is 0.294 e. The highest BCUT2D eigenvalue weighted by molar-refractivity contribution is 6.42. The summed E-state index contributed by atoms with van der Waals surface area (Å²) in [7, 11) is 4.39. The third-order valence-corrected chi connectivity index (χ3v) is 8.27. The summed E-state index contributed by atoms with van der Waals surface area (Å²) in [5.41, 5.74) is 2.73. The van der Waals surface area contributed by atoms with Crippen LogP contribution in [0, 0.1) is 5.92 Å². The lowest BCUT2D eigenvalue weighted by Crippen LogP contribution is -2.49. The fraction of sp³-hybridized carbons (Fsp3) is 0.447. The summed E-state index contributed by atoms with van der Waals surface area (Å²) in [4.78, 5) is 41.6. The summed E-state index contributed by atoms with van der Waals surface area (Å²) in [6, 6.07) is 23.8. The van der Waals surface area contributed by atoms with Crippen LogP contribution in [-0.4, -0.2) is 63.0 Å². The molecule has 2 amide bonds. The van der Waals surface area contributed by atoms with Crippen LogP contribution < -0.4 is 19.5 Å². The van der Waals surface area contributed by atoms with Gasteiger partial charge in [0.2, 0.25) is 11.7 Å². The predicted octanol–water partition coefficient (Wildman–Crippen LogP) is 6.69. The molecule has 0 radical (unpaired) electrons. The lowest BCUT2D eigenvalue weighted by Gasteiger charge is -2.32. The Morgan fingerprint density at radius 3 is 1.80 bits per heavy atom. The zero-order valence-corrected chi connectivity index (χ0v) is 28.1. The van der Waals surface area contributed by atoms with Crippen LogP contribution in [0.5, 0.6) is 17.2 Å². The van der Waals surface area contributed by atoms with E-state index in [0.29, 0.717) is 36.6 Å². The molecule has 8 nitrogen and oxygen atoms in total. The lowest BCUT2D eigenvalue weighted by molar-refractivity contribution is -0.132. The summed E-state index contributed by atoms with van der Waals surface area (Å²) >= 11 is 0. The number of aryl methyl sites for hydroxylation is 2. The maximum atomic E-state index is 13.5. The van der Waals surface area contributed by atoms with E-state index in [1.165, 1.54) is 49.5 Å². The number of Topliss-reactive ketones (excluding diaryl/α,β-unsaturated/α-hetero) is 1. The molecule has 0 bridgehead atoms. The van der Waals surface area contributed by atoms with Crippen molar-refractivity contribution in [1.29, 1.82) is 0 Å². The number of hydrogen-bond donors (Lipinski definition) is 1. The number of likely N-dealkylation sites (tertiary alicyclic amines) is 1. The highest BCUT2D eigenvalue weighted by Gasteiger charge is 2.33. The molecule has 8 heteroatoms. The second-order valence-corrected chi connectivity index (χ2v) is 11.3. The van der Waals surface area contributed by atoms with E-state index >= 15 is 0 Å². The van der Waals surface area contributed by atoms with E-state index in [1.54, 1.807) is 0 Å². The minimum absolute atomic E-state index is 0.0434. The standard InChI is InChI=1S/C36H44N2O6.C2H6/c1-42-31-23-29(24-32(43-2)34(31)44-3)33(39)36(41)38-22-12-19-28(25-38)35(40)37-30(20-10-17-26-13-6-4-7-14-26)21-11-18-27-15-8-5-9-16-27;1-2/h4-9,13-16,23-24,28,30H,10-12,17-22,25H2,1-3H3,(H,37,40);1-2H3. The Balaban J connectivity index is 0.00000282. The first-order valence-corrected chi connectivity index (χ1v) is 16.4. The van der Waals surface area contributed by atoms with Crippen LogP contribution in [-0.2, 0) is 22.4 Å². The van der Waals surface area contributed by atoms with Gasteiger partial charge in [-0.15, -0.1) is 0 Å². The first-order valence-electron chi connectivity index (χ1n) is 16.4. The van der Waals surface area contributed by atoms with E-state index in [4.69, 9.17) is 14.2 Å². The van der Waals surface area contributed by atoms with Crippen LogP contribution in [0.4, 0.5) is 0 Å². The van der Waals surface area contributed by atoms with Gasteiger partial charge in [-0.25, -0.2) is 0 Å². The first-order chi connectivity index (χ1) is 22.4. The normalized spacial score (nSPS) is 14.1. The molecule has 1 aliphatic heterocycles. The summed E-state index contributed by atoms with van der Waals surface area (Å²) < 4.78 is 16.0. The largest absolute Gasteiger partial charge is 0.493 e. The maximum Gasteiger partial charge on any atom is 0.294 e. The summed E-state index contributed by atoms with van der Waals surface area (Å²) in [5.74, 6) is -0.799. The number of methoxy groups -OCH3 is 3. The number of nitrogens with one attached hydrogen (secondary N) is 1. The lowest BCUT2D eigenvalue weighted by atomic mass is 9.94. The molecule has 4 rings (SSSR count). The van der Waals surface area contributed by atoms with Gasteiger partial charge in [-0.1, -0.05) is 74.5 Å². The van der Waals surface area contributed by atoms with Crippen molar-refractivity contribution in [2.24, 2.45) is 5.92 Å². The fourth-order valence-corrected chi connectivity index (χ4v) is 5.86. The van der Waals surface area contributed by atoms with Gasteiger partial charge in [-0.3, -0.25) is 14.4 Å². The van der Waals surface area contributed by atoms with E-state index in [2.05, 4.69) is 53.8 Å². The number of rotatable bonds is 15. The van der Waals surface area contributed by atoms with Crippen LogP contribution in [0.15, 0.2) is 72.8 Å². The third kappa shape index (κ3) is 10.4. The second-order valence-electron chi connectivity index (χ2n) is 11.3. The predicted molar refractivity (Wildman–Crippen MR) is 182 cm³/mol. The molecule has 1 heterocycles. The third-order valence-electron chi connectivity index (χ3n) is 8.27. The number of ether oxygens (including phenoxy) is 3. The zero-order valence-electron chi connectivity index (χ0n) is 28.1. The van der Waals surface area contributed by atoms with Gasteiger partial charge >= 0.3 is 0 Å². The van der Waals surface area contributed by atoms with Gasteiger partial charge in [0.05, 0.1) is 27.2 Å². The van der Waals surface area contributed by atoms with Crippen molar-refractivity contribution in [1.82, 2.24) is 10.2 Å². The van der Waals surface area contributed by atoms with Gasteiger partial charge in [-0.2, -0.15) is 0 Å². The minimum atomic E-state index is -0.676. The number of piperidine rings is 1. The first kappa shape index (κ1) is 36.1. The van der Waals surface area contributed by atoms with E-state index in [-0.39, 0.29) is 30.0 Å². The molecule has 0 aromatic heterocycles. The van der Waals surface area contributed by atoms with Crippen molar-refractivity contribution in [2.75, 3.05) is 34.4 Å². The Bertz CT molecular complexity index is 1310. The Morgan fingerprint density at radius 1 is 0.804 bits per heavy atom. The molecule has 0 spiro atoms. The molecule has 248 valence electrons. The van der Waals surface area contributed by atoms with Gasteiger partial charge in [0.25, 0.3) is 11.7 Å². The van der Waals surface area contributed by atoms with Crippen molar-refractivity contribution in [3.05, 3.63) is 89.5 Å². The number of ketones is 1.